The fraction of sp³-hybridized carbons (Fsp3) is 0.259. The number of nitrogens with zero attached hydrogens (tertiary/aromatic N) is 2. The Morgan fingerprint density at radius 2 is 1.83 bits per heavy atom. The van der Waals surface area contributed by atoms with Crippen molar-refractivity contribution >= 4 is 33.4 Å². The molecule has 0 saturated heterocycles. The van der Waals surface area contributed by atoms with Crippen LogP contribution in [0.2, 0.25) is 0 Å². The summed E-state index contributed by atoms with van der Waals surface area (Å²) in [4.78, 5) is 32.9. The number of fused-ring (bicyclic) bond motifs is 2. The molecule has 0 saturated carbocycles. The summed E-state index contributed by atoms with van der Waals surface area (Å²) in [5.41, 5.74) is -0.990. The van der Waals surface area contributed by atoms with Gasteiger partial charge in [0.05, 0.1) is 22.5 Å². The highest BCUT2D eigenvalue weighted by Crippen LogP contribution is 2.47. The van der Waals surface area contributed by atoms with Gasteiger partial charge in [-0.05, 0) is 55.5 Å². The van der Waals surface area contributed by atoms with Crippen LogP contribution in [0.15, 0.2) is 48.5 Å². The number of thiazole rings is 1. The molecule has 5 rings (SSSR count). The number of nitrogens with two attached hydrogens (primary N) is 1. The van der Waals surface area contributed by atoms with Crippen molar-refractivity contribution in [3.63, 3.8) is 0 Å². The van der Waals surface area contributed by atoms with E-state index in [0.717, 1.165) is 18.2 Å². The van der Waals surface area contributed by atoms with Crippen LogP contribution in [0.5, 0.6) is 5.75 Å². The molecule has 15 heteroatoms. The molecule has 0 bridgehead atoms. The van der Waals surface area contributed by atoms with Gasteiger partial charge in [-0.1, -0.05) is 0 Å². The molecule has 0 radical (unpaired) electrons. The average molecular weight is 611 g/mol. The van der Waals surface area contributed by atoms with Crippen molar-refractivity contribution in [1.82, 2.24) is 15.3 Å². The van der Waals surface area contributed by atoms with Gasteiger partial charge < -0.3 is 20.9 Å². The van der Waals surface area contributed by atoms with Crippen LogP contribution in [-0.4, -0.2) is 46.2 Å². The Hall–Kier alpha value is -4.24. The van der Waals surface area contributed by atoms with Gasteiger partial charge in [0, 0.05) is 16.7 Å². The molecule has 8 nitrogen and oxygen atoms in total. The normalized spacial score (nSPS) is 18.0. The summed E-state index contributed by atoms with van der Waals surface area (Å²) in [5, 5.41) is 12.6. The molecule has 0 aliphatic carbocycles. The van der Waals surface area contributed by atoms with Gasteiger partial charge in [0.15, 0.2) is 5.01 Å². The monoisotopic (exact) mass is 610 g/mol. The first-order chi connectivity index (χ1) is 19.6. The van der Waals surface area contributed by atoms with E-state index in [0.29, 0.717) is 11.3 Å². The summed E-state index contributed by atoms with van der Waals surface area (Å²) in [6, 6.07) is 9.03. The fourth-order valence-corrected chi connectivity index (χ4v) is 5.29. The zero-order valence-corrected chi connectivity index (χ0v) is 22.2. The first-order valence-corrected chi connectivity index (χ1v) is 13.0. The van der Waals surface area contributed by atoms with Crippen molar-refractivity contribution in [3.05, 3.63) is 76.2 Å². The minimum atomic E-state index is -5.40. The van der Waals surface area contributed by atoms with Crippen molar-refractivity contribution < 1.29 is 45.8 Å². The number of hydrogen-bond donors (Lipinski definition) is 3. The van der Waals surface area contributed by atoms with Crippen LogP contribution in [0.3, 0.4) is 0 Å². The van der Waals surface area contributed by atoms with Crippen LogP contribution >= 0.6 is 11.3 Å². The highest BCUT2D eigenvalue weighted by molar-refractivity contribution is 7.18. The molecule has 1 aliphatic rings. The third kappa shape index (κ3) is 4.91. The van der Waals surface area contributed by atoms with Gasteiger partial charge in [0.25, 0.3) is 12.3 Å². The topological polar surface area (TPSA) is 127 Å². The Balaban J connectivity index is 1.56. The second-order valence-corrected chi connectivity index (χ2v) is 10.9. The maximum atomic E-state index is 14.5. The van der Waals surface area contributed by atoms with E-state index in [2.05, 4.69) is 9.97 Å². The third-order valence-electron chi connectivity index (χ3n) is 6.99. The number of primary amides is 1. The minimum Gasteiger partial charge on any atom is -0.489 e. The molecule has 2 aromatic carbocycles. The first kappa shape index (κ1) is 29.3. The standard InChI is InChI=1S/C27H20F6N4O4S/c1-25(24(34)39)11-41-20-15(25)9-18(37-19(20)12-2-5-14(28)6-3-12)26(40,27(31,32)33)10-35-22(38)13-4-7-16-17(8-13)42-23(36-16)21(29)30/h2-9,21,40H,10-11H2,1H3,(H2,34,39)(H,35,38)/t25-,26?/m0/s1. The molecule has 0 spiro atoms. The first-order valence-electron chi connectivity index (χ1n) is 12.1. The van der Waals surface area contributed by atoms with Crippen molar-refractivity contribution in [3.8, 4) is 17.0 Å². The number of hydrogen-bond acceptors (Lipinski definition) is 7. The summed E-state index contributed by atoms with van der Waals surface area (Å²) in [6.07, 6.45) is -8.25. The number of halogens is 6. The number of pyridine rings is 1. The van der Waals surface area contributed by atoms with Gasteiger partial charge in [-0.15, -0.1) is 11.3 Å². The lowest BCUT2D eigenvalue weighted by molar-refractivity contribution is -0.265. The molecule has 4 N–H and O–H groups in total. The zero-order valence-electron chi connectivity index (χ0n) is 21.4. The number of benzene rings is 2. The van der Waals surface area contributed by atoms with E-state index in [1.54, 1.807) is 0 Å². The van der Waals surface area contributed by atoms with Crippen LogP contribution in [-0.2, 0) is 15.8 Å². The van der Waals surface area contributed by atoms with Crippen LogP contribution in [0.25, 0.3) is 21.5 Å². The van der Waals surface area contributed by atoms with E-state index in [9.17, 15) is 41.0 Å². The number of alkyl halides is 5. The predicted octanol–water partition coefficient (Wildman–Crippen LogP) is 4.75. The SMILES string of the molecule is C[C@]1(C(N)=O)COc2c1cc(C(O)(CNC(=O)c1ccc3nc(C(F)F)sc3c1)C(F)(F)F)nc2-c1ccc(F)cc1. The summed E-state index contributed by atoms with van der Waals surface area (Å²) >= 11 is 0.622. The number of nitrogens with one attached hydrogen (secondary N) is 1. The largest absolute Gasteiger partial charge is 0.489 e. The van der Waals surface area contributed by atoms with Crippen molar-refractivity contribution in [2.45, 2.75) is 30.5 Å². The van der Waals surface area contributed by atoms with Gasteiger partial charge in [-0.25, -0.2) is 23.1 Å². The quantitative estimate of drug-likeness (QED) is 0.259. The number of amides is 2. The van der Waals surface area contributed by atoms with Crippen molar-refractivity contribution in [1.29, 1.82) is 0 Å². The average Bonchev–Trinajstić information content (AvgIpc) is 3.53. The number of aromatic nitrogens is 2. The molecule has 4 aromatic rings. The van der Waals surface area contributed by atoms with Crippen LogP contribution in [0.4, 0.5) is 26.3 Å². The molecule has 220 valence electrons. The predicted molar refractivity (Wildman–Crippen MR) is 139 cm³/mol. The highest BCUT2D eigenvalue weighted by atomic mass is 32.1. The Labute approximate surface area is 237 Å². The molecule has 1 unspecified atom stereocenters. The molecule has 42 heavy (non-hydrogen) atoms. The second kappa shape index (κ2) is 10.2. The van der Waals surface area contributed by atoms with Gasteiger partial charge in [-0.3, -0.25) is 9.59 Å². The smallest absolute Gasteiger partial charge is 0.424 e. The zero-order chi connectivity index (χ0) is 30.6. The molecule has 1 aliphatic heterocycles. The lowest BCUT2D eigenvalue weighted by Gasteiger charge is -2.31. The lowest BCUT2D eigenvalue weighted by Crippen LogP contribution is -2.51. The van der Waals surface area contributed by atoms with E-state index < -0.39 is 58.5 Å². The summed E-state index contributed by atoms with van der Waals surface area (Å²) in [6.45, 7) is -0.393. The van der Waals surface area contributed by atoms with E-state index in [1.165, 1.54) is 37.3 Å². The number of carbonyl (C=O) groups excluding carboxylic acids is 2. The summed E-state index contributed by atoms with van der Waals surface area (Å²) in [7, 11) is 0. The highest BCUT2D eigenvalue weighted by Gasteiger charge is 2.57. The molecule has 2 atom stereocenters. The van der Waals surface area contributed by atoms with Crippen LogP contribution < -0.4 is 15.8 Å². The van der Waals surface area contributed by atoms with E-state index >= 15 is 0 Å². The van der Waals surface area contributed by atoms with E-state index in [-0.39, 0.29) is 45.0 Å². The molecule has 2 aromatic heterocycles. The minimum absolute atomic E-state index is 0.0683. The maximum absolute atomic E-state index is 14.5. The molecule has 2 amide bonds. The van der Waals surface area contributed by atoms with Crippen LogP contribution in [0.1, 0.15) is 40.0 Å². The Kier molecular flexibility index (Phi) is 7.13. The number of ether oxygens (including phenoxy) is 1. The van der Waals surface area contributed by atoms with Gasteiger partial charge in [-0.2, -0.15) is 13.2 Å². The van der Waals surface area contributed by atoms with E-state index in [1.807, 2.05) is 5.32 Å². The number of rotatable bonds is 7. The second-order valence-electron chi connectivity index (χ2n) is 9.80. The maximum Gasteiger partial charge on any atom is 0.424 e. The molecule has 0 fully saturated rings. The van der Waals surface area contributed by atoms with Crippen LogP contribution in [0, 0.1) is 5.82 Å². The van der Waals surface area contributed by atoms with E-state index in [4.69, 9.17) is 10.5 Å². The fourth-order valence-electron chi connectivity index (χ4n) is 4.43. The molecular weight excluding hydrogens is 590 g/mol. The summed E-state index contributed by atoms with van der Waals surface area (Å²) in [5.74, 6) is -2.66. The van der Waals surface area contributed by atoms with Gasteiger partial charge >= 0.3 is 6.18 Å². The number of aliphatic hydroxyl groups is 1. The van der Waals surface area contributed by atoms with Crippen molar-refractivity contribution in [2.24, 2.45) is 5.73 Å². The molecular formula is C27H20F6N4O4S. The molecule has 3 heterocycles. The van der Waals surface area contributed by atoms with Gasteiger partial charge in [0.1, 0.15) is 29.3 Å². The van der Waals surface area contributed by atoms with Gasteiger partial charge in [0.2, 0.25) is 11.5 Å². The lowest BCUT2D eigenvalue weighted by atomic mass is 9.81. The Morgan fingerprint density at radius 1 is 1.14 bits per heavy atom. The third-order valence-corrected chi connectivity index (χ3v) is 8.01. The Morgan fingerprint density at radius 3 is 2.45 bits per heavy atom. The summed E-state index contributed by atoms with van der Waals surface area (Å²) < 4.78 is 89.0. The van der Waals surface area contributed by atoms with Crippen molar-refractivity contribution in [2.75, 3.05) is 13.2 Å². The Bertz CT molecular complexity index is 1710. The number of carbonyl (C=O) groups is 2.